The van der Waals surface area contributed by atoms with Crippen molar-refractivity contribution in [3.05, 3.63) is 65.0 Å². The minimum atomic E-state index is -0.294. The summed E-state index contributed by atoms with van der Waals surface area (Å²) in [5, 5.41) is 11.8. The standard InChI is InChI=1S/C17H15FN2O/c1-12-7-15(18)5-6-17(12)20-11-16(21)9-13-3-2-4-14(8-13)10-19/h2-8,20H,9,11H2,1H3. The van der Waals surface area contributed by atoms with E-state index in [0.717, 1.165) is 16.8 Å². The Morgan fingerprint density at radius 3 is 2.81 bits per heavy atom. The van der Waals surface area contributed by atoms with E-state index in [1.807, 2.05) is 12.1 Å². The van der Waals surface area contributed by atoms with E-state index in [1.54, 1.807) is 31.2 Å². The van der Waals surface area contributed by atoms with Crippen LogP contribution in [-0.2, 0) is 11.2 Å². The number of Topliss-reactive ketones (excluding diaryl/α,β-unsaturated/α-hetero) is 1. The van der Waals surface area contributed by atoms with Gasteiger partial charge in [-0.05, 0) is 48.4 Å². The third-order valence-corrected chi connectivity index (χ3v) is 3.12. The molecule has 0 heterocycles. The van der Waals surface area contributed by atoms with E-state index in [0.29, 0.717) is 5.56 Å². The van der Waals surface area contributed by atoms with Crippen molar-refractivity contribution in [3.8, 4) is 6.07 Å². The fourth-order valence-corrected chi connectivity index (χ4v) is 2.06. The smallest absolute Gasteiger partial charge is 0.156 e. The molecule has 21 heavy (non-hydrogen) atoms. The number of nitrogens with zero attached hydrogens (tertiary/aromatic N) is 1. The number of anilines is 1. The lowest BCUT2D eigenvalue weighted by Gasteiger charge is -2.09. The third-order valence-electron chi connectivity index (χ3n) is 3.12. The highest BCUT2D eigenvalue weighted by atomic mass is 19.1. The van der Waals surface area contributed by atoms with Crippen LogP contribution in [0.1, 0.15) is 16.7 Å². The lowest BCUT2D eigenvalue weighted by Crippen LogP contribution is -2.16. The molecule has 0 aliphatic carbocycles. The van der Waals surface area contributed by atoms with Crippen LogP contribution in [0.3, 0.4) is 0 Å². The Balaban J connectivity index is 1.94. The number of hydrogen-bond acceptors (Lipinski definition) is 3. The fourth-order valence-electron chi connectivity index (χ4n) is 2.06. The molecule has 0 amide bonds. The van der Waals surface area contributed by atoms with Gasteiger partial charge in [-0.1, -0.05) is 12.1 Å². The lowest BCUT2D eigenvalue weighted by molar-refractivity contribution is -0.116. The molecule has 0 saturated heterocycles. The van der Waals surface area contributed by atoms with Crippen LogP contribution in [0, 0.1) is 24.1 Å². The average Bonchev–Trinajstić information content (AvgIpc) is 2.46. The number of aryl methyl sites for hydroxylation is 1. The second kappa shape index (κ2) is 6.67. The van der Waals surface area contributed by atoms with Crippen LogP contribution in [0.4, 0.5) is 10.1 Å². The topological polar surface area (TPSA) is 52.9 Å². The quantitative estimate of drug-likeness (QED) is 0.916. The largest absolute Gasteiger partial charge is 0.378 e. The average molecular weight is 282 g/mol. The number of benzene rings is 2. The minimum Gasteiger partial charge on any atom is -0.378 e. The van der Waals surface area contributed by atoms with Crippen LogP contribution < -0.4 is 5.32 Å². The Hall–Kier alpha value is -2.67. The predicted molar refractivity (Wildman–Crippen MR) is 79.5 cm³/mol. The highest BCUT2D eigenvalue weighted by Crippen LogP contribution is 2.15. The third kappa shape index (κ3) is 4.15. The van der Waals surface area contributed by atoms with Crippen LogP contribution in [0.15, 0.2) is 42.5 Å². The zero-order valence-corrected chi connectivity index (χ0v) is 11.7. The molecule has 0 saturated carbocycles. The summed E-state index contributed by atoms with van der Waals surface area (Å²) in [6.07, 6.45) is 0.267. The van der Waals surface area contributed by atoms with Crippen molar-refractivity contribution in [3.63, 3.8) is 0 Å². The summed E-state index contributed by atoms with van der Waals surface area (Å²) in [5.41, 5.74) is 2.86. The van der Waals surface area contributed by atoms with E-state index in [-0.39, 0.29) is 24.6 Å². The number of hydrogen-bond donors (Lipinski definition) is 1. The molecule has 2 rings (SSSR count). The SMILES string of the molecule is Cc1cc(F)ccc1NCC(=O)Cc1cccc(C#N)c1. The number of halogens is 1. The summed E-state index contributed by atoms with van der Waals surface area (Å²) in [7, 11) is 0. The van der Waals surface area contributed by atoms with Crippen molar-refractivity contribution >= 4 is 11.5 Å². The summed E-state index contributed by atoms with van der Waals surface area (Å²) in [6.45, 7) is 1.95. The molecule has 0 aromatic heterocycles. The van der Waals surface area contributed by atoms with Gasteiger partial charge in [0.25, 0.3) is 0 Å². The van der Waals surface area contributed by atoms with E-state index in [2.05, 4.69) is 5.32 Å². The molecule has 0 spiro atoms. The molecule has 2 aromatic carbocycles. The van der Waals surface area contributed by atoms with Crippen LogP contribution in [0.5, 0.6) is 0 Å². The maximum Gasteiger partial charge on any atom is 0.156 e. The predicted octanol–water partition coefficient (Wildman–Crippen LogP) is 3.23. The van der Waals surface area contributed by atoms with Gasteiger partial charge in [0.05, 0.1) is 18.2 Å². The van der Waals surface area contributed by atoms with E-state index in [9.17, 15) is 9.18 Å². The van der Waals surface area contributed by atoms with Crippen LogP contribution >= 0.6 is 0 Å². The van der Waals surface area contributed by atoms with E-state index >= 15 is 0 Å². The zero-order chi connectivity index (χ0) is 15.2. The Morgan fingerprint density at radius 2 is 2.10 bits per heavy atom. The highest BCUT2D eigenvalue weighted by Gasteiger charge is 2.06. The molecule has 0 fully saturated rings. The van der Waals surface area contributed by atoms with Crippen molar-refractivity contribution in [1.82, 2.24) is 0 Å². The van der Waals surface area contributed by atoms with Gasteiger partial charge in [0.2, 0.25) is 0 Å². The van der Waals surface area contributed by atoms with Crippen molar-refractivity contribution in [2.24, 2.45) is 0 Å². The molecule has 0 radical (unpaired) electrons. The second-order valence-electron chi connectivity index (χ2n) is 4.84. The summed E-state index contributed by atoms with van der Waals surface area (Å²) in [5.74, 6) is -0.286. The van der Waals surface area contributed by atoms with Crippen LogP contribution in [0.2, 0.25) is 0 Å². The minimum absolute atomic E-state index is 0.00816. The van der Waals surface area contributed by atoms with Gasteiger partial charge in [0.15, 0.2) is 5.78 Å². The van der Waals surface area contributed by atoms with Gasteiger partial charge in [-0.2, -0.15) is 5.26 Å². The maximum atomic E-state index is 13.0. The molecule has 1 N–H and O–H groups in total. The Kier molecular flexibility index (Phi) is 4.68. The molecular weight excluding hydrogens is 267 g/mol. The molecule has 0 aliphatic rings. The first-order valence-corrected chi connectivity index (χ1v) is 6.59. The molecular formula is C17H15FN2O. The first-order chi connectivity index (χ1) is 10.1. The van der Waals surface area contributed by atoms with E-state index in [4.69, 9.17) is 5.26 Å². The number of nitriles is 1. The fraction of sp³-hybridized carbons (Fsp3) is 0.176. The van der Waals surface area contributed by atoms with Gasteiger partial charge in [-0.25, -0.2) is 4.39 Å². The molecule has 0 bridgehead atoms. The number of ketones is 1. The normalized spacial score (nSPS) is 9.95. The molecule has 0 atom stereocenters. The van der Waals surface area contributed by atoms with Gasteiger partial charge in [0, 0.05) is 12.1 Å². The molecule has 2 aromatic rings. The molecule has 106 valence electrons. The summed E-state index contributed by atoms with van der Waals surface area (Å²) >= 11 is 0. The Morgan fingerprint density at radius 1 is 1.29 bits per heavy atom. The van der Waals surface area contributed by atoms with E-state index in [1.165, 1.54) is 12.1 Å². The maximum absolute atomic E-state index is 13.0. The lowest BCUT2D eigenvalue weighted by atomic mass is 10.1. The second-order valence-corrected chi connectivity index (χ2v) is 4.84. The van der Waals surface area contributed by atoms with Gasteiger partial charge in [-0.15, -0.1) is 0 Å². The number of carbonyl (C=O) groups is 1. The van der Waals surface area contributed by atoms with Crippen molar-refractivity contribution < 1.29 is 9.18 Å². The molecule has 0 aliphatic heterocycles. The van der Waals surface area contributed by atoms with Gasteiger partial charge >= 0.3 is 0 Å². The van der Waals surface area contributed by atoms with Gasteiger partial charge in [0.1, 0.15) is 5.82 Å². The van der Waals surface area contributed by atoms with Gasteiger partial charge in [-0.3, -0.25) is 4.79 Å². The molecule has 0 unspecified atom stereocenters. The Labute approximate surface area is 123 Å². The monoisotopic (exact) mass is 282 g/mol. The van der Waals surface area contributed by atoms with Crippen molar-refractivity contribution in [1.29, 1.82) is 5.26 Å². The van der Waals surface area contributed by atoms with Crippen molar-refractivity contribution in [2.45, 2.75) is 13.3 Å². The molecule has 4 heteroatoms. The number of carbonyl (C=O) groups excluding carboxylic acids is 1. The van der Waals surface area contributed by atoms with Crippen LogP contribution in [-0.4, -0.2) is 12.3 Å². The van der Waals surface area contributed by atoms with Crippen molar-refractivity contribution in [2.75, 3.05) is 11.9 Å². The summed E-state index contributed by atoms with van der Waals surface area (Å²) in [4.78, 5) is 11.9. The number of nitrogens with one attached hydrogen (secondary N) is 1. The molecule has 3 nitrogen and oxygen atoms in total. The first kappa shape index (κ1) is 14.7. The van der Waals surface area contributed by atoms with Crippen LogP contribution in [0.25, 0.3) is 0 Å². The summed E-state index contributed by atoms with van der Waals surface area (Å²) in [6, 6.07) is 13.4. The zero-order valence-electron chi connectivity index (χ0n) is 11.7. The first-order valence-electron chi connectivity index (χ1n) is 6.59. The number of rotatable bonds is 5. The Bertz CT molecular complexity index is 704. The van der Waals surface area contributed by atoms with Gasteiger partial charge < -0.3 is 5.32 Å². The van der Waals surface area contributed by atoms with E-state index < -0.39 is 0 Å². The summed E-state index contributed by atoms with van der Waals surface area (Å²) < 4.78 is 13.0. The highest BCUT2D eigenvalue weighted by molar-refractivity contribution is 5.85.